The van der Waals surface area contributed by atoms with Crippen LogP contribution in [0.4, 0.5) is 0 Å². The number of esters is 1. The van der Waals surface area contributed by atoms with Crippen molar-refractivity contribution < 1.29 is 14.3 Å². The van der Waals surface area contributed by atoms with Gasteiger partial charge in [-0.2, -0.15) is 9.78 Å². The molecule has 3 rings (SSSR count). The van der Waals surface area contributed by atoms with Crippen molar-refractivity contribution in [2.45, 2.75) is 46.1 Å². The van der Waals surface area contributed by atoms with Crippen molar-refractivity contribution in [2.24, 2.45) is 5.10 Å². The number of nitrogens with zero attached hydrogens (tertiary/aromatic N) is 3. The second kappa shape index (κ2) is 10.1. The molecule has 7 nitrogen and oxygen atoms in total. The summed E-state index contributed by atoms with van der Waals surface area (Å²) >= 11 is 9.57. The maximum absolute atomic E-state index is 13.3. The first kappa shape index (κ1) is 24.9. The Balaban J connectivity index is 2.05. The highest BCUT2D eigenvalue weighted by Gasteiger charge is 2.23. The Hall–Kier alpha value is -2.71. The first-order valence-electron chi connectivity index (χ1n) is 10.3. The number of hydrogen-bond donors (Lipinski definition) is 0. The van der Waals surface area contributed by atoms with E-state index in [4.69, 9.17) is 26.1 Å². The molecule has 0 saturated carbocycles. The van der Waals surface area contributed by atoms with Crippen LogP contribution in [0.2, 0.25) is 5.02 Å². The zero-order valence-corrected chi connectivity index (χ0v) is 21.4. The topological polar surface area (TPSA) is 82.8 Å². The molecule has 0 aliphatic heterocycles. The summed E-state index contributed by atoms with van der Waals surface area (Å²) in [7, 11) is 0. The summed E-state index contributed by atoms with van der Waals surface area (Å²) in [5.41, 5.74) is 0.343. The zero-order chi connectivity index (χ0) is 24.3. The molecule has 9 heteroatoms. The molecule has 0 N–H and O–H groups in total. The van der Waals surface area contributed by atoms with Crippen molar-refractivity contribution in [3.63, 3.8) is 0 Å². The standard InChI is InChI=1S/C24H25BrClN3O4/c1-14(2)33-21(30)13-32-20-9-7-17(26)10-15(20)12-27-29-22(31)18-11-16(25)6-8-19(18)28-23(29)24(3,4)5/h6-12,14H,13H2,1-5H3. The van der Waals surface area contributed by atoms with Gasteiger partial charge in [0, 0.05) is 20.5 Å². The van der Waals surface area contributed by atoms with Crippen LogP contribution in [0.15, 0.2) is 50.8 Å². The van der Waals surface area contributed by atoms with Gasteiger partial charge in [0.15, 0.2) is 6.61 Å². The van der Waals surface area contributed by atoms with Gasteiger partial charge in [0.2, 0.25) is 0 Å². The van der Waals surface area contributed by atoms with Crippen molar-refractivity contribution >= 4 is 50.6 Å². The second-order valence-corrected chi connectivity index (χ2v) is 10.1. The van der Waals surface area contributed by atoms with Crippen LogP contribution in [0.1, 0.15) is 46.0 Å². The summed E-state index contributed by atoms with van der Waals surface area (Å²) in [6.45, 7) is 9.14. The summed E-state index contributed by atoms with van der Waals surface area (Å²) in [4.78, 5) is 29.9. The number of hydrogen-bond acceptors (Lipinski definition) is 6. The van der Waals surface area contributed by atoms with Gasteiger partial charge in [-0.25, -0.2) is 9.78 Å². The molecule has 174 valence electrons. The maximum Gasteiger partial charge on any atom is 0.344 e. The molecular formula is C24H25BrClN3O4. The Morgan fingerprint density at radius 3 is 2.64 bits per heavy atom. The molecular weight excluding hydrogens is 510 g/mol. The zero-order valence-electron chi connectivity index (χ0n) is 19.1. The van der Waals surface area contributed by atoms with Crippen LogP contribution in [0.5, 0.6) is 5.75 Å². The molecule has 0 atom stereocenters. The van der Waals surface area contributed by atoms with E-state index in [-0.39, 0.29) is 18.3 Å². The molecule has 0 aliphatic rings. The number of carbonyl (C=O) groups is 1. The van der Waals surface area contributed by atoms with E-state index in [2.05, 4.69) is 21.0 Å². The first-order valence-corrected chi connectivity index (χ1v) is 11.5. The number of ether oxygens (including phenoxy) is 2. The normalized spacial score (nSPS) is 12.0. The fourth-order valence-corrected chi connectivity index (χ4v) is 3.59. The molecule has 0 unspecified atom stereocenters. The Kier molecular flexibility index (Phi) is 7.59. The molecule has 1 aromatic heterocycles. The molecule has 0 bridgehead atoms. The summed E-state index contributed by atoms with van der Waals surface area (Å²) < 4.78 is 12.8. The van der Waals surface area contributed by atoms with Crippen LogP contribution in [-0.2, 0) is 14.9 Å². The molecule has 0 radical (unpaired) electrons. The fraction of sp³-hybridized carbons (Fsp3) is 0.333. The van der Waals surface area contributed by atoms with Crippen LogP contribution in [0.25, 0.3) is 10.9 Å². The van der Waals surface area contributed by atoms with E-state index >= 15 is 0 Å². The summed E-state index contributed by atoms with van der Waals surface area (Å²) in [6.07, 6.45) is 1.23. The maximum atomic E-state index is 13.3. The second-order valence-electron chi connectivity index (χ2n) is 8.72. The molecule has 33 heavy (non-hydrogen) atoms. The highest BCUT2D eigenvalue weighted by atomic mass is 79.9. The quantitative estimate of drug-likeness (QED) is 0.316. The van der Waals surface area contributed by atoms with Gasteiger partial charge in [0.1, 0.15) is 11.6 Å². The molecule has 0 aliphatic carbocycles. The van der Waals surface area contributed by atoms with E-state index in [9.17, 15) is 9.59 Å². The van der Waals surface area contributed by atoms with Crippen LogP contribution in [0, 0.1) is 0 Å². The van der Waals surface area contributed by atoms with Crippen LogP contribution >= 0.6 is 27.5 Å². The highest BCUT2D eigenvalue weighted by Crippen LogP contribution is 2.24. The third kappa shape index (κ3) is 6.21. The van der Waals surface area contributed by atoms with E-state index in [1.54, 1.807) is 44.2 Å². The molecule has 0 saturated heterocycles. The van der Waals surface area contributed by atoms with Crippen molar-refractivity contribution in [1.82, 2.24) is 9.66 Å². The number of benzene rings is 2. The van der Waals surface area contributed by atoms with Crippen molar-refractivity contribution in [1.29, 1.82) is 0 Å². The van der Waals surface area contributed by atoms with Gasteiger partial charge >= 0.3 is 5.97 Å². The Morgan fingerprint density at radius 1 is 1.24 bits per heavy atom. The van der Waals surface area contributed by atoms with Crippen LogP contribution < -0.4 is 10.3 Å². The number of aromatic nitrogens is 2. The fourth-order valence-electron chi connectivity index (χ4n) is 3.05. The average Bonchev–Trinajstić information content (AvgIpc) is 2.71. The van der Waals surface area contributed by atoms with Gasteiger partial charge in [-0.15, -0.1) is 0 Å². The first-order chi connectivity index (χ1) is 15.5. The lowest BCUT2D eigenvalue weighted by Crippen LogP contribution is -2.29. The molecule has 1 heterocycles. The minimum atomic E-state index is -0.488. The van der Waals surface area contributed by atoms with Gasteiger partial charge in [-0.05, 0) is 50.2 Å². The SMILES string of the molecule is CC(C)OC(=O)COc1ccc(Cl)cc1C=Nn1c(C(C)(C)C)nc2ccc(Br)cc2c1=O. The van der Waals surface area contributed by atoms with E-state index in [1.165, 1.54) is 10.9 Å². The van der Waals surface area contributed by atoms with Crippen LogP contribution in [-0.4, -0.2) is 34.6 Å². The summed E-state index contributed by atoms with van der Waals surface area (Å²) in [5.74, 6) is 0.396. The lowest BCUT2D eigenvalue weighted by Gasteiger charge is -2.21. The van der Waals surface area contributed by atoms with Gasteiger partial charge in [0.25, 0.3) is 5.56 Å². The number of rotatable bonds is 6. The molecule has 0 spiro atoms. The van der Waals surface area contributed by atoms with Crippen molar-refractivity contribution in [3.8, 4) is 5.75 Å². The Labute approximate surface area is 205 Å². The van der Waals surface area contributed by atoms with Crippen LogP contribution in [0.3, 0.4) is 0 Å². The molecule has 0 amide bonds. The summed E-state index contributed by atoms with van der Waals surface area (Å²) in [6, 6.07) is 10.3. The minimum Gasteiger partial charge on any atom is -0.481 e. The lowest BCUT2D eigenvalue weighted by atomic mass is 9.95. The van der Waals surface area contributed by atoms with Gasteiger partial charge in [0.05, 0.1) is 23.2 Å². The highest BCUT2D eigenvalue weighted by molar-refractivity contribution is 9.10. The molecule has 3 aromatic rings. The Morgan fingerprint density at radius 2 is 1.97 bits per heavy atom. The monoisotopic (exact) mass is 533 g/mol. The third-order valence-corrected chi connectivity index (χ3v) is 5.20. The molecule has 0 fully saturated rings. The number of carbonyl (C=O) groups excluding carboxylic acids is 1. The minimum absolute atomic E-state index is 0.240. The molecule has 2 aromatic carbocycles. The van der Waals surface area contributed by atoms with Gasteiger partial charge in [-0.3, -0.25) is 4.79 Å². The number of halogens is 2. The van der Waals surface area contributed by atoms with Gasteiger partial charge < -0.3 is 9.47 Å². The van der Waals surface area contributed by atoms with E-state index in [1.807, 2.05) is 26.8 Å². The largest absolute Gasteiger partial charge is 0.481 e. The lowest BCUT2D eigenvalue weighted by molar-refractivity contribution is -0.149. The smallest absolute Gasteiger partial charge is 0.344 e. The van der Waals surface area contributed by atoms with E-state index in [0.717, 1.165) is 4.47 Å². The third-order valence-electron chi connectivity index (χ3n) is 4.48. The van der Waals surface area contributed by atoms with Gasteiger partial charge in [-0.1, -0.05) is 48.3 Å². The van der Waals surface area contributed by atoms with Crippen molar-refractivity contribution in [3.05, 3.63) is 67.6 Å². The predicted octanol–water partition coefficient (Wildman–Crippen LogP) is 5.32. The van der Waals surface area contributed by atoms with Crippen molar-refractivity contribution in [2.75, 3.05) is 6.61 Å². The number of fused-ring (bicyclic) bond motifs is 1. The average molecular weight is 535 g/mol. The predicted molar refractivity (Wildman–Crippen MR) is 134 cm³/mol. The Bertz CT molecular complexity index is 1280. The van der Waals surface area contributed by atoms with E-state index < -0.39 is 11.4 Å². The van der Waals surface area contributed by atoms with E-state index in [0.29, 0.717) is 33.1 Å². The summed E-state index contributed by atoms with van der Waals surface area (Å²) in [5, 5.41) is 5.34.